The highest BCUT2D eigenvalue weighted by Crippen LogP contribution is 2.24. The molecule has 0 rings (SSSR count). The molecule has 2 N–H and O–H groups in total. The van der Waals surface area contributed by atoms with Crippen LogP contribution in [0.4, 0.5) is 0 Å². The average Bonchev–Trinajstić information content (AvgIpc) is 2.02. The summed E-state index contributed by atoms with van der Waals surface area (Å²) < 4.78 is 0. The highest BCUT2D eigenvalue weighted by atomic mass is 32.2. The van der Waals surface area contributed by atoms with Gasteiger partial charge in [-0.25, -0.2) is 0 Å². The van der Waals surface area contributed by atoms with Crippen LogP contribution in [0.25, 0.3) is 0 Å². The lowest BCUT2D eigenvalue weighted by molar-refractivity contribution is 0.174. The second-order valence-corrected chi connectivity index (χ2v) is 6.19. The zero-order valence-electron chi connectivity index (χ0n) is 9.42. The van der Waals surface area contributed by atoms with Gasteiger partial charge in [0.15, 0.2) is 0 Å². The van der Waals surface area contributed by atoms with Crippen molar-refractivity contribution in [3.8, 4) is 0 Å². The van der Waals surface area contributed by atoms with E-state index in [1.165, 1.54) is 0 Å². The molecule has 80 valence electrons. The van der Waals surface area contributed by atoms with Crippen LogP contribution in [0.5, 0.6) is 0 Å². The molecule has 0 fully saturated rings. The van der Waals surface area contributed by atoms with Gasteiger partial charge in [-0.3, -0.25) is 0 Å². The molecule has 0 aliphatic heterocycles. The van der Waals surface area contributed by atoms with Gasteiger partial charge >= 0.3 is 0 Å². The molecule has 0 aliphatic carbocycles. The Labute approximate surface area is 86.5 Å². The topological polar surface area (TPSA) is 32.3 Å². The standard InChI is InChI=1S/C10H23NOS/c1-8(2)13-9(3)6-10(4,7-12)11-5/h8-9,11-12H,6-7H2,1-5H3. The molecule has 0 radical (unpaired) electrons. The van der Waals surface area contributed by atoms with Crippen molar-refractivity contribution < 1.29 is 5.11 Å². The van der Waals surface area contributed by atoms with Gasteiger partial charge in [0.1, 0.15) is 0 Å². The van der Waals surface area contributed by atoms with Crippen molar-refractivity contribution in [3.05, 3.63) is 0 Å². The number of likely N-dealkylation sites (N-methyl/N-ethyl adjacent to an activating group) is 1. The lowest BCUT2D eigenvalue weighted by atomic mass is 9.97. The van der Waals surface area contributed by atoms with E-state index < -0.39 is 0 Å². The molecule has 2 atom stereocenters. The number of aliphatic hydroxyl groups excluding tert-OH is 1. The summed E-state index contributed by atoms with van der Waals surface area (Å²) in [5, 5.41) is 13.6. The van der Waals surface area contributed by atoms with Gasteiger partial charge in [-0.1, -0.05) is 20.8 Å². The van der Waals surface area contributed by atoms with E-state index in [4.69, 9.17) is 0 Å². The first kappa shape index (κ1) is 13.3. The van der Waals surface area contributed by atoms with E-state index >= 15 is 0 Å². The minimum atomic E-state index is -0.124. The molecule has 0 heterocycles. The summed E-state index contributed by atoms with van der Waals surface area (Å²) >= 11 is 1.96. The van der Waals surface area contributed by atoms with Crippen molar-refractivity contribution in [2.45, 2.75) is 50.2 Å². The van der Waals surface area contributed by atoms with Crippen molar-refractivity contribution in [2.75, 3.05) is 13.7 Å². The summed E-state index contributed by atoms with van der Waals surface area (Å²) in [7, 11) is 1.91. The molecule has 13 heavy (non-hydrogen) atoms. The van der Waals surface area contributed by atoms with E-state index in [9.17, 15) is 5.11 Å². The zero-order chi connectivity index (χ0) is 10.5. The third-order valence-corrected chi connectivity index (χ3v) is 3.37. The smallest absolute Gasteiger partial charge is 0.0610 e. The molecule has 0 aromatic heterocycles. The predicted octanol–water partition coefficient (Wildman–Crippen LogP) is 1.88. The maximum absolute atomic E-state index is 9.20. The lowest BCUT2D eigenvalue weighted by Gasteiger charge is -2.30. The first-order valence-electron chi connectivity index (χ1n) is 4.89. The van der Waals surface area contributed by atoms with Crippen molar-refractivity contribution in [3.63, 3.8) is 0 Å². The Hall–Kier alpha value is 0.270. The van der Waals surface area contributed by atoms with E-state index in [0.29, 0.717) is 10.5 Å². The minimum Gasteiger partial charge on any atom is -0.394 e. The molecule has 0 aromatic rings. The first-order chi connectivity index (χ1) is 5.93. The quantitative estimate of drug-likeness (QED) is 0.694. The predicted molar refractivity (Wildman–Crippen MR) is 61.4 cm³/mol. The summed E-state index contributed by atoms with van der Waals surface area (Å²) in [5.74, 6) is 0. The fraction of sp³-hybridized carbons (Fsp3) is 1.00. The Kier molecular flexibility index (Phi) is 6.01. The van der Waals surface area contributed by atoms with E-state index in [1.807, 2.05) is 18.8 Å². The van der Waals surface area contributed by atoms with Crippen LogP contribution >= 0.6 is 11.8 Å². The second-order valence-electron chi connectivity index (χ2n) is 4.17. The van der Waals surface area contributed by atoms with Crippen molar-refractivity contribution in [1.29, 1.82) is 0 Å². The molecule has 0 bridgehead atoms. The molecule has 3 heteroatoms. The van der Waals surface area contributed by atoms with Crippen LogP contribution in [0.15, 0.2) is 0 Å². The monoisotopic (exact) mass is 205 g/mol. The number of nitrogens with one attached hydrogen (secondary N) is 1. The molecular formula is C10H23NOS. The maximum Gasteiger partial charge on any atom is 0.0610 e. The van der Waals surface area contributed by atoms with Crippen LogP contribution in [0.1, 0.15) is 34.1 Å². The van der Waals surface area contributed by atoms with E-state index in [-0.39, 0.29) is 12.1 Å². The van der Waals surface area contributed by atoms with Crippen LogP contribution in [0, 0.1) is 0 Å². The van der Waals surface area contributed by atoms with Gasteiger partial charge in [-0.05, 0) is 25.6 Å². The van der Waals surface area contributed by atoms with Crippen LogP contribution in [0.3, 0.4) is 0 Å². The Morgan fingerprint density at radius 1 is 1.38 bits per heavy atom. The van der Waals surface area contributed by atoms with Gasteiger partial charge in [0.25, 0.3) is 0 Å². The highest BCUT2D eigenvalue weighted by molar-refractivity contribution is 8.00. The van der Waals surface area contributed by atoms with Crippen molar-refractivity contribution in [2.24, 2.45) is 0 Å². The maximum atomic E-state index is 9.20. The Morgan fingerprint density at radius 3 is 2.23 bits per heavy atom. The molecule has 2 nitrogen and oxygen atoms in total. The van der Waals surface area contributed by atoms with Gasteiger partial charge in [-0.2, -0.15) is 11.8 Å². The van der Waals surface area contributed by atoms with Gasteiger partial charge in [0.2, 0.25) is 0 Å². The largest absolute Gasteiger partial charge is 0.394 e. The summed E-state index contributed by atoms with van der Waals surface area (Å²) in [6.07, 6.45) is 1.00. The third kappa shape index (κ3) is 5.55. The Bertz CT molecular complexity index is 135. The Morgan fingerprint density at radius 2 is 1.92 bits per heavy atom. The highest BCUT2D eigenvalue weighted by Gasteiger charge is 2.24. The molecule has 0 saturated carbocycles. The fourth-order valence-electron chi connectivity index (χ4n) is 1.39. The number of hydrogen-bond acceptors (Lipinski definition) is 3. The fourth-order valence-corrected chi connectivity index (χ4v) is 2.79. The first-order valence-corrected chi connectivity index (χ1v) is 5.83. The summed E-state index contributed by atoms with van der Waals surface area (Å²) in [4.78, 5) is 0. The molecule has 0 saturated heterocycles. The second kappa shape index (κ2) is 5.89. The van der Waals surface area contributed by atoms with Gasteiger partial charge in [-0.15, -0.1) is 0 Å². The average molecular weight is 205 g/mol. The van der Waals surface area contributed by atoms with Crippen LogP contribution in [-0.4, -0.2) is 34.8 Å². The molecule has 0 aromatic carbocycles. The van der Waals surface area contributed by atoms with Crippen LogP contribution in [0.2, 0.25) is 0 Å². The van der Waals surface area contributed by atoms with Crippen molar-refractivity contribution >= 4 is 11.8 Å². The van der Waals surface area contributed by atoms with Crippen molar-refractivity contribution in [1.82, 2.24) is 5.32 Å². The van der Waals surface area contributed by atoms with Gasteiger partial charge in [0, 0.05) is 10.8 Å². The van der Waals surface area contributed by atoms with E-state index in [1.54, 1.807) is 0 Å². The molecular weight excluding hydrogens is 182 g/mol. The molecule has 0 spiro atoms. The summed E-state index contributed by atoms with van der Waals surface area (Å²) in [6.45, 7) is 8.89. The summed E-state index contributed by atoms with van der Waals surface area (Å²) in [5.41, 5.74) is -0.124. The number of hydrogen-bond donors (Lipinski definition) is 2. The minimum absolute atomic E-state index is 0.124. The van der Waals surface area contributed by atoms with Gasteiger partial charge < -0.3 is 10.4 Å². The van der Waals surface area contributed by atoms with E-state index in [2.05, 4.69) is 33.0 Å². The van der Waals surface area contributed by atoms with Gasteiger partial charge in [0.05, 0.1) is 6.61 Å². The Balaban J connectivity index is 3.94. The van der Waals surface area contributed by atoms with Crippen LogP contribution < -0.4 is 5.32 Å². The molecule has 0 aliphatic rings. The van der Waals surface area contributed by atoms with E-state index in [0.717, 1.165) is 6.42 Å². The summed E-state index contributed by atoms with van der Waals surface area (Å²) in [6, 6.07) is 0. The normalized spacial score (nSPS) is 18.7. The number of thioether (sulfide) groups is 1. The van der Waals surface area contributed by atoms with Crippen LogP contribution in [-0.2, 0) is 0 Å². The third-order valence-electron chi connectivity index (χ3n) is 2.19. The number of aliphatic hydroxyl groups is 1. The lowest BCUT2D eigenvalue weighted by Crippen LogP contribution is -2.45. The number of rotatable bonds is 6. The molecule has 2 unspecified atom stereocenters. The SMILES string of the molecule is CNC(C)(CO)CC(C)SC(C)C. The zero-order valence-corrected chi connectivity index (χ0v) is 10.2. The molecule has 0 amide bonds.